The van der Waals surface area contributed by atoms with Crippen molar-refractivity contribution in [3.8, 4) is 5.75 Å². The number of nitrogens with one attached hydrogen (secondary N) is 1. The lowest BCUT2D eigenvalue weighted by Crippen LogP contribution is -2.42. The fraction of sp³-hybridized carbons (Fsp3) is 0.333. The van der Waals surface area contributed by atoms with Crippen LogP contribution in [0.5, 0.6) is 5.75 Å². The van der Waals surface area contributed by atoms with Gasteiger partial charge in [0.1, 0.15) is 5.75 Å². The van der Waals surface area contributed by atoms with E-state index in [2.05, 4.69) is 4.72 Å². The highest BCUT2D eigenvalue weighted by atomic mass is 32.2. The molecule has 1 aromatic carbocycles. The number of nitrogens with two attached hydrogens (primary N) is 1. The maximum Gasteiger partial charge on any atom is 0.307 e. The number of ether oxygens (including phenoxy) is 1. The molecule has 0 heterocycles. The van der Waals surface area contributed by atoms with E-state index in [1.165, 1.54) is 32.2 Å². The number of methoxy groups -OCH3 is 1. The van der Waals surface area contributed by atoms with E-state index < -0.39 is 34.4 Å². The topological polar surface area (TPSA) is 136 Å². The predicted octanol–water partition coefficient (Wildman–Crippen LogP) is -0.526. The second-order valence-electron chi connectivity index (χ2n) is 4.29. The van der Waals surface area contributed by atoms with Gasteiger partial charge in [-0.25, -0.2) is 8.42 Å². The summed E-state index contributed by atoms with van der Waals surface area (Å²) in [6.45, 7) is 1.29. The van der Waals surface area contributed by atoms with Crippen LogP contribution in [0, 0.1) is 0 Å². The van der Waals surface area contributed by atoms with Gasteiger partial charge in [-0.1, -0.05) is 0 Å². The minimum Gasteiger partial charge on any atom is -0.497 e. The van der Waals surface area contributed by atoms with Gasteiger partial charge in [0, 0.05) is 0 Å². The van der Waals surface area contributed by atoms with Gasteiger partial charge in [0.2, 0.25) is 15.9 Å². The van der Waals surface area contributed by atoms with Crippen LogP contribution >= 0.6 is 0 Å². The molecule has 4 N–H and O–H groups in total. The molecule has 8 nitrogen and oxygen atoms in total. The highest BCUT2D eigenvalue weighted by Gasteiger charge is 2.24. The molecule has 9 heteroatoms. The quantitative estimate of drug-likeness (QED) is 0.619. The molecule has 0 bridgehead atoms. The normalized spacial score (nSPS) is 12.7. The van der Waals surface area contributed by atoms with E-state index in [0.717, 1.165) is 0 Å². The van der Waals surface area contributed by atoms with Crippen molar-refractivity contribution in [1.82, 2.24) is 4.72 Å². The molecule has 0 aliphatic heterocycles. The monoisotopic (exact) mass is 316 g/mol. The van der Waals surface area contributed by atoms with Crippen LogP contribution in [-0.2, 0) is 26.0 Å². The lowest BCUT2D eigenvalue weighted by Gasteiger charge is -2.14. The number of rotatable bonds is 7. The summed E-state index contributed by atoms with van der Waals surface area (Å²) in [5.74, 6) is -1.71. The Morgan fingerprint density at radius 2 is 2.05 bits per heavy atom. The Bertz CT molecular complexity index is 656. The van der Waals surface area contributed by atoms with Gasteiger partial charge >= 0.3 is 5.97 Å². The fourth-order valence-corrected chi connectivity index (χ4v) is 3.03. The number of carboxylic acids is 1. The Balaban J connectivity index is 3.27. The first-order valence-electron chi connectivity index (χ1n) is 5.87. The predicted molar refractivity (Wildman–Crippen MR) is 73.3 cm³/mol. The SMILES string of the molecule is COc1ccc(S(=O)(=O)NC(C)C(N)=O)c(CC(=O)O)c1. The first-order valence-corrected chi connectivity index (χ1v) is 7.36. The molecule has 1 amide bonds. The maximum absolute atomic E-state index is 12.2. The van der Waals surface area contributed by atoms with Crippen LogP contribution in [-0.4, -0.2) is 38.6 Å². The van der Waals surface area contributed by atoms with Crippen LogP contribution in [0.3, 0.4) is 0 Å². The number of hydrogen-bond acceptors (Lipinski definition) is 5. The summed E-state index contributed by atoms with van der Waals surface area (Å²) in [5.41, 5.74) is 5.05. The van der Waals surface area contributed by atoms with Crippen LogP contribution in [0.25, 0.3) is 0 Å². The average Bonchev–Trinajstić information content (AvgIpc) is 2.36. The Morgan fingerprint density at radius 1 is 1.43 bits per heavy atom. The molecule has 116 valence electrons. The van der Waals surface area contributed by atoms with Crippen molar-refractivity contribution < 1.29 is 27.9 Å². The van der Waals surface area contributed by atoms with Gasteiger partial charge in [0.05, 0.1) is 24.5 Å². The Morgan fingerprint density at radius 3 is 2.52 bits per heavy atom. The first-order chi connectivity index (χ1) is 9.67. The second-order valence-corrected chi connectivity index (χ2v) is 5.97. The number of benzene rings is 1. The van der Waals surface area contributed by atoms with E-state index in [-0.39, 0.29) is 10.5 Å². The van der Waals surface area contributed by atoms with Gasteiger partial charge in [-0.2, -0.15) is 4.72 Å². The largest absolute Gasteiger partial charge is 0.497 e. The van der Waals surface area contributed by atoms with E-state index in [1.54, 1.807) is 0 Å². The molecular formula is C12H16N2O6S. The number of sulfonamides is 1. The molecule has 1 aromatic rings. The Hall–Kier alpha value is -2.13. The van der Waals surface area contributed by atoms with E-state index >= 15 is 0 Å². The number of carboxylic acid groups (broad SMARTS) is 1. The number of hydrogen-bond donors (Lipinski definition) is 3. The zero-order chi connectivity index (χ0) is 16.2. The number of aliphatic carboxylic acids is 1. The second kappa shape index (κ2) is 6.55. The van der Waals surface area contributed by atoms with Gasteiger partial charge in [0.15, 0.2) is 0 Å². The van der Waals surface area contributed by atoms with Gasteiger partial charge in [0.25, 0.3) is 0 Å². The van der Waals surface area contributed by atoms with E-state index in [0.29, 0.717) is 5.75 Å². The standard InChI is InChI=1S/C12H16N2O6S/c1-7(12(13)17)14-21(18,19)10-4-3-9(20-2)5-8(10)6-11(15)16/h3-5,7,14H,6H2,1-2H3,(H2,13,17)(H,15,16). The van der Waals surface area contributed by atoms with E-state index in [4.69, 9.17) is 15.6 Å². The zero-order valence-corrected chi connectivity index (χ0v) is 12.3. The van der Waals surface area contributed by atoms with Crippen molar-refractivity contribution in [2.75, 3.05) is 7.11 Å². The summed E-state index contributed by atoms with van der Waals surface area (Å²) in [7, 11) is -2.70. The van der Waals surface area contributed by atoms with Gasteiger partial charge in [-0.15, -0.1) is 0 Å². The smallest absolute Gasteiger partial charge is 0.307 e. The molecule has 1 atom stereocenters. The number of primary amides is 1. The van der Waals surface area contributed by atoms with Crippen LogP contribution in [0.4, 0.5) is 0 Å². The van der Waals surface area contributed by atoms with Crippen LogP contribution in [0.15, 0.2) is 23.1 Å². The third kappa shape index (κ3) is 4.43. The Kier molecular flexibility index (Phi) is 5.28. The molecule has 1 unspecified atom stereocenters. The minimum atomic E-state index is -4.08. The molecule has 0 fully saturated rings. The van der Waals surface area contributed by atoms with E-state index in [1.807, 2.05) is 0 Å². The molecule has 1 rings (SSSR count). The van der Waals surface area contributed by atoms with Gasteiger partial charge in [-0.3, -0.25) is 9.59 Å². The summed E-state index contributed by atoms with van der Waals surface area (Å²) >= 11 is 0. The molecule has 0 radical (unpaired) electrons. The van der Waals surface area contributed by atoms with Gasteiger partial charge in [-0.05, 0) is 30.7 Å². The fourth-order valence-electron chi connectivity index (χ4n) is 1.60. The molecular weight excluding hydrogens is 300 g/mol. The summed E-state index contributed by atoms with van der Waals surface area (Å²) < 4.78 is 31.4. The van der Waals surface area contributed by atoms with E-state index in [9.17, 15) is 18.0 Å². The van der Waals surface area contributed by atoms with Crippen LogP contribution in [0.1, 0.15) is 12.5 Å². The van der Waals surface area contributed by atoms with Crippen molar-refractivity contribution >= 4 is 21.9 Å². The molecule has 0 aromatic heterocycles. The third-order valence-corrected chi connectivity index (χ3v) is 4.30. The van der Waals surface area contributed by atoms with Crippen molar-refractivity contribution in [2.45, 2.75) is 24.3 Å². The lowest BCUT2D eigenvalue weighted by atomic mass is 10.1. The molecule has 0 saturated carbocycles. The average molecular weight is 316 g/mol. The zero-order valence-electron chi connectivity index (χ0n) is 11.5. The van der Waals surface area contributed by atoms with Crippen molar-refractivity contribution in [1.29, 1.82) is 0 Å². The first kappa shape index (κ1) is 16.9. The van der Waals surface area contributed by atoms with Crippen molar-refractivity contribution in [3.63, 3.8) is 0 Å². The lowest BCUT2D eigenvalue weighted by molar-refractivity contribution is -0.136. The summed E-state index contributed by atoms with van der Waals surface area (Å²) in [6, 6.07) is 2.80. The minimum absolute atomic E-state index is 0.0472. The molecule has 0 aliphatic carbocycles. The highest BCUT2D eigenvalue weighted by molar-refractivity contribution is 7.89. The van der Waals surface area contributed by atoms with Crippen molar-refractivity contribution in [2.24, 2.45) is 5.73 Å². The Labute approximate surface area is 122 Å². The maximum atomic E-state index is 12.2. The third-order valence-electron chi connectivity index (χ3n) is 2.66. The highest BCUT2D eigenvalue weighted by Crippen LogP contribution is 2.22. The number of carbonyl (C=O) groups is 2. The van der Waals surface area contributed by atoms with Crippen LogP contribution in [0.2, 0.25) is 0 Å². The molecule has 0 spiro atoms. The number of amides is 1. The number of carbonyl (C=O) groups excluding carboxylic acids is 1. The van der Waals surface area contributed by atoms with Gasteiger partial charge < -0.3 is 15.6 Å². The molecule has 21 heavy (non-hydrogen) atoms. The summed E-state index contributed by atoms with van der Waals surface area (Å²) in [6.07, 6.45) is -0.502. The van der Waals surface area contributed by atoms with Crippen LogP contribution < -0.4 is 15.2 Å². The summed E-state index contributed by atoms with van der Waals surface area (Å²) in [4.78, 5) is 21.6. The molecule has 0 aliphatic rings. The summed E-state index contributed by atoms with van der Waals surface area (Å²) in [5, 5.41) is 8.86. The molecule has 0 saturated heterocycles. The van der Waals surface area contributed by atoms with Crippen molar-refractivity contribution in [3.05, 3.63) is 23.8 Å².